The SMILES string of the molecule is CCc1ccc(N=c2c([N+](=O)[O-])nn(-c3cccc(Cl)c3)n2O)cc1. The largest absolute Gasteiger partial charge is 0.438 e. The summed E-state index contributed by atoms with van der Waals surface area (Å²) >= 11 is 5.93. The number of nitro groups is 1. The van der Waals surface area contributed by atoms with Crippen molar-refractivity contribution in [3.05, 3.63) is 74.7 Å². The lowest BCUT2D eigenvalue weighted by Crippen LogP contribution is -2.22. The highest BCUT2D eigenvalue weighted by Gasteiger charge is 2.24. The Kier molecular flexibility index (Phi) is 4.53. The first-order valence-corrected chi connectivity index (χ1v) is 7.83. The molecule has 0 spiro atoms. The molecule has 0 fully saturated rings. The van der Waals surface area contributed by atoms with Gasteiger partial charge >= 0.3 is 5.82 Å². The quantitative estimate of drug-likeness (QED) is 0.439. The van der Waals surface area contributed by atoms with Crippen molar-refractivity contribution in [2.24, 2.45) is 4.99 Å². The van der Waals surface area contributed by atoms with Crippen LogP contribution in [0.4, 0.5) is 11.5 Å². The van der Waals surface area contributed by atoms with E-state index >= 15 is 0 Å². The Morgan fingerprint density at radius 2 is 2.00 bits per heavy atom. The van der Waals surface area contributed by atoms with Crippen molar-refractivity contribution in [1.29, 1.82) is 0 Å². The fraction of sp³-hybridized carbons (Fsp3) is 0.125. The summed E-state index contributed by atoms with van der Waals surface area (Å²) in [6.07, 6.45) is 0.868. The van der Waals surface area contributed by atoms with E-state index in [1.165, 1.54) is 6.07 Å². The summed E-state index contributed by atoms with van der Waals surface area (Å²) < 4.78 is 0. The summed E-state index contributed by atoms with van der Waals surface area (Å²) in [5.41, 5.74) is 1.66. The molecule has 0 amide bonds. The van der Waals surface area contributed by atoms with Crippen LogP contribution >= 0.6 is 11.6 Å². The van der Waals surface area contributed by atoms with Gasteiger partial charge < -0.3 is 15.3 Å². The van der Waals surface area contributed by atoms with Gasteiger partial charge in [0, 0.05) is 5.02 Å². The first-order chi connectivity index (χ1) is 12.0. The van der Waals surface area contributed by atoms with E-state index in [-0.39, 0.29) is 5.49 Å². The van der Waals surface area contributed by atoms with Crippen LogP contribution in [0.5, 0.6) is 0 Å². The maximum absolute atomic E-state index is 11.3. The first kappa shape index (κ1) is 16.7. The summed E-state index contributed by atoms with van der Waals surface area (Å²) in [6.45, 7) is 2.02. The predicted octanol–water partition coefficient (Wildman–Crippen LogP) is 3.27. The Balaban J connectivity index is 2.18. The lowest BCUT2D eigenvalue weighted by Gasteiger charge is -2.00. The van der Waals surface area contributed by atoms with Crippen LogP contribution < -0.4 is 5.49 Å². The number of hydrogen-bond donors (Lipinski definition) is 1. The third-order valence-electron chi connectivity index (χ3n) is 3.55. The second-order valence-electron chi connectivity index (χ2n) is 5.19. The van der Waals surface area contributed by atoms with Gasteiger partial charge in [-0.25, -0.2) is 4.99 Å². The highest BCUT2D eigenvalue weighted by Crippen LogP contribution is 2.16. The third kappa shape index (κ3) is 3.38. The zero-order chi connectivity index (χ0) is 18.0. The number of aromatic nitrogens is 3. The minimum Gasteiger partial charge on any atom is -0.409 e. The second-order valence-corrected chi connectivity index (χ2v) is 5.63. The van der Waals surface area contributed by atoms with Gasteiger partial charge in [-0.3, -0.25) is 0 Å². The number of rotatable bonds is 4. The van der Waals surface area contributed by atoms with Crippen molar-refractivity contribution < 1.29 is 10.1 Å². The van der Waals surface area contributed by atoms with Gasteiger partial charge in [-0.1, -0.05) is 41.6 Å². The molecular weight excluding hydrogens is 346 g/mol. The molecule has 1 aromatic heterocycles. The molecule has 0 aliphatic rings. The number of aryl methyl sites for hydroxylation is 1. The molecule has 0 atom stereocenters. The van der Waals surface area contributed by atoms with Crippen LogP contribution in [0.1, 0.15) is 12.5 Å². The summed E-state index contributed by atoms with van der Waals surface area (Å²) in [5, 5.41) is 25.9. The molecular formula is C16H14ClN5O3. The standard InChI is InChI=1S/C16H14ClN5O3/c1-2-11-6-8-13(9-7-11)18-15-16(22(24)25)19-20(21(15)23)14-5-3-4-12(17)10-14/h3-10,23H,2H2,1H3. The van der Waals surface area contributed by atoms with Crippen LogP contribution in [-0.2, 0) is 6.42 Å². The molecule has 9 heteroatoms. The maximum atomic E-state index is 11.3. The summed E-state index contributed by atoms with van der Waals surface area (Å²) in [5.74, 6) is -0.568. The molecule has 25 heavy (non-hydrogen) atoms. The van der Waals surface area contributed by atoms with Crippen molar-refractivity contribution in [3.8, 4) is 5.69 Å². The summed E-state index contributed by atoms with van der Waals surface area (Å²) in [7, 11) is 0. The molecule has 2 aromatic carbocycles. The Morgan fingerprint density at radius 3 is 2.60 bits per heavy atom. The van der Waals surface area contributed by atoms with Crippen molar-refractivity contribution in [3.63, 3.8) is 0 Å². The minimum absolute atomic E-state index is 0.283. The Labute approximate surface area is 147 Å². The van der Waals surface area contributed by atoms with E-state index in [0.717, 1.165) is 16.8 Å². The van der Waals surface area contributed by atoms with Gasteiger partial charge in [-0.15, -0.1) is 0 Å². The molecule has 0 aliphatic carbocycles. The fourth-order valence-corrected chi connectivity index (χ4v) is 2.45. The van der Waals surface area contributed by atoms with Gasteiger partial charge in [0.15, 0.2) is 0 Å². The molecule has 0 aliphatic heterocycles. The van der Waals surface area contributed by atoms with Crippen molar-refractivity contribution >= 4 is 23.1 Å². The number of halogens is 1. The summed E-state index contributed by atoms with van der Waals surface area (Å²) in [6, 6.07) is 13.6. The lowest BCUT2D eigenvalue weighted by molar-refractivity contribution is -0.391. The molecule has 1 N–H and O–H groups in total. The molecule has 0 saturated carbocycles. The van der Waals surface area contributed by atoms with E-state index in [0.29, 0.717) is 21.2 Å². The van der Waals surface area contributed by atoms with Crippen LogP contribution in [0.25, 0.3) is 5.69 Å². The predicted molar refractivity (Wildman–Crippen MR) is 91.4 cm³/mol. The topological polar surface area (TPSA) is 98.5 Å². The van der Waals surface area contributed by atoms with Crippen molar-refractivity contribution in [2.45, 2.75) is 13.3 Å². The van der Waals surface area contributed by atoms with E-state index in [4.69, 9.17) is 11.6 Å². The van der Waals surface area contributed by atoms with Crippen LogP contribution in [-0.4, -0.2) is 24.9 Å². The Hall–Kier alpha value is -3.13. The molecule has 8 nitrogen and oxygen atoms in total. The molecule has 128 valence electrons. The monoisotopic (exact) mass is 359 g/mol. The van der Waals surface area contributed by atoms with Gasteiger partial charge in [0.25, 0.3) is 5.49 Å². The van der Waals surface area contributed by atoms with Gasteiger partial charge in [-0.2, -0.15) is 0 Å². The molecule has 0 bridgehead atoms. The van der Waals surface area contributed by atoms with Gasteiger partial charge in [0.05, 0.1) is 10.8 Å². The molecule has 0 saturated heterocycles. The van der Waals surface area contributed by atoms with E-state index in [1.54, 1.807) is 30.3 Å². The highest BCUT2D eigenvalue weighted by molar-refractivity contribution is 6.30. The molecule has 0 radical (unpaired) electrons. The minimum atomic E-state index is -0.701. The number of hydrogen-bond acceptors (Lipinski definition) is 5. The molecule has 3 rings (SSSR count). The van der Waals surface area contributed by atoms with Crippen LogP contribution in [0.15, 0.2) is 53.5 Å². The summed E-state index contributed by atoms with van der Waals surface area (Å²) in [4.78, 5) is 16.2. The van der Waals surface area contributed by atoms with Crippen LogP contribution in [0, 0.1) is 10.1 Å². The van der Waals surface area contributed by atoms with Crippen molar-refractivity contribution in [1.82, 2.24) is 14.7 Å². The molecule has 3 aromatic rings. The molecule has 1 heterocycles. The molecule has 0 unspecified atom stereocenters. The normalized spacial score (nSPS) is 11.7. The zero-order valence-corrected chi connectivity index (χ0v) is 14.0. The van der Waals surface area contributed by atoms with E-state index < -0.39 is 10.7 Å². The van der Waals surface area contributed by atoms with E-state index in [9.17, 15) is 15.3 Å². The van der Waals surface area contributed by atoms with Gasteiger partial charge in [0.1, 0.15) is 5.69 Å². The van der Waals surface area contributed by atoms with E-state index in [1.807, 2.05) is 19.1 Å². The third-order valence-corrected chi connectivity index (χ3v) is 3.79. The Bertz CT molecular complexity index is 992. The van der Waals surface area contributed by atoms with Crippen LogP contribution in [0.3, 0.4) is 0 Å². The average molecular weight is 360 g/mol. The number of nitrogens with zero attached hydrogens (tertiary/aromatic N) is 5. The van der Waals surface area contributed by atoms with Crippen molar-refractivity contribution in [2.75, 3.05) is 0 Å². The lowest BCUT2D eigenvalue weighted by atomic mass is 10.2. The Morgan fingerprint density at radius 1 is 1.28 bits per heavy atom. The first-order valence-electron chi connectivity index (χ1n) is 7.45. The van der Waals surface area contributed by atoms with Gasteiger partial charge in [-0.05, 0) is 52.0 Å². The van der Waals surface area contributed by atoms with E-state index in [2.05, 4.69) is 10.1 Å². The van der Waals surface area contributed by atoms with Gasteiger partial charge in [0.2, 0.25) is 0 Å². The zero-order valence-electron chi connectivity index (χ0n) is 13.2. The number of benzene rings is 2. The highest BCUT2D eigenvalue weighted by atomic mass is 35.5. The second kappa shape index (κ2) is 6.78. The van der Waals surface area contributed by atoms with Crippen LogP contribution in [0.2, 0.25) is 5.02 Å². The fourth-order valence-electron chi connectivity index (χ4n) is 2.26. The smallest absolute Gasteiger partial charge is 0.409 e. The average Bonchev–Trinajstić information content (AvgIpc) is 2.93. The maximum Gasteiger partial charge on any atom is 0.438 e.